The van der Waals surface area contributed by atoms with E-state index in [4.69, 9.17) is 15.3 Å². The maximum Gasteiger partial charge on any atom is 0.248 e. The predicted octanol–water partition coefficient (Wildman–Crippen LogP) is -0.745. The Morgan fingerprint density at radius 3 is 2.94 bits per heavy atom. The van der Waals surface area contributed by atoms with Gasteiger partial charge in [0.05, 0.1) is 12.8 Å². The summed E-state index contributed by atoms with van der Waals surface area (Å²) < 4.78 is 4.96. The van der Waals surface area contributed by atoms with Crippen LogP contribution in [0.5, 0.6) is 0 Å². The summed E-state index contributed by atoms with van der Waals surface area (Å²) in [5.74, 6) is -0.794. The van der Waals surface area contributed by atoms with E-state index in [9.17, 15) is 9.59 Å². The van der Waals surface area contributed by atoms with Crippen LogP contribution in [0.15, 0.2) is 28.9 Å². The second-order valence-electron chi connectivity index (χ2n) is 3.01. The van der Waals surface area contributed by atoms with Gasteiger partial charge >= 0.3 is 0 Å². The fourth-order valence-electron chi connectivity index (χ4n) is 0.901. The van der Waals surface area contributed by atoms with Gasteiger partial charge < -0.3 is 20.6 Å². The smallest absolute Gasteiger partial charge is 0.248 e. The Morgan fingerprint density at radius 1 is 1.62 bits per heavy atom. The van der Waals surface area contributed by atoms with Gasteiger partial charge in [-0.15, -0.1) is 0 Å². The quantitative estimate of drug-likeness (QED) is 0.572. The van der Waals surface area contributed by atoms with Gasteiger partial charge in [-0.2, -0.15) is 0 Å². The van der Waals surface area contributed by atoms with E-state index >= 15 is 0 Å². The van der Waals surface area contributed by atoms with E-state index < -0.39 is 17.9 Å². The number of carbonyl (C=O) groups is 2. The molecule has 0 spiro atoms. The molecule has 1 atom stereocenters. The molecule has 0 saturated carbocycles. The monoisotopic (exact) mass is 224 g/mol. The van der Waals surface area contributed by atoms with Crippen molar-refractivity contribution in [2.45, 2.75) is 6.10 Å². The first-order valence-electron chi connectivity index (χ1n) is 4.56. The van der Waals surface area contributed by atoms with Crippen molar-refractivity contribution in [1.29, 1.82) is 0 Å². The number of hydrogen-bond acceptors (Lipinski definition) is 4. The molecule has 1 aromatic heterocycles. The molecule has 2 amide bonds. The Balaban J connectivity index is 2.34. The standard InChI is InChI=1S/C10H12N2O4/c11-10(15)8(13)6-12-9(14)4-3-7-2-1-5-16-7/h1-5,8,13H,6H2,(H2,11,15)(H,12,14)/b4-3+. The molecule has 86 valence electrons. The predicted molar refractivity (Wildman–Crippen MR) is 56.0 cm³/mol. The molecular weight excluding hydrogens is 212 g/mol. The summed E-state index contributed by atoms with van der Waals surface area (Å²) in [6.07, 6.45) is 2.80. The Labute approximate surface area is 91.7 Å². The van der Waals surface area contributed by atoms with Crippen LogP contribution in [0.2, 0.25) is 0 Å². The summed E-state index contributed by atoms with van der Waals surface area (Å²) >= 11 is 0. The zero-order chi connectivity index (χ0) is 12.0. The zero-order valence-electron chi connectivity index (χ0n) is 8.42. The summed E-state index contributed by atoms with van der Waals surface area (Å²) in [7, 11) is 0. The lowest BCUT2D eigenvalue weighted by Crippen LogP contribution is -2.39. The van der Waals surface area contributed by atoms with Crippen molar-refractivity contribution in [3.05, 3.63) is 30.2 Å². The molecule has 6 heteroatoms. The van der Waals surface area contributed by atoms with E-state index in [0.717, 1.165) is 0 Å². The number of amides is 2. The molecule has 1 rings (SSSR count). The Bertz CT molecular complexity index is 384. The molecule has 1 heterocycles. The van der Waals surface area contributed by atoms with Crippen molar-refractivity contribution >= 4 is 17.9 Å². The molecule has 0 aromatic carbocycles. The zero-order valence-corrected chi connectivity index (χ0v) is 8.42. The molecule has 0 aliphatic rings. The van der Waals surface area contributed by atoms with Crippen LogP contribution in [-0.2, 0) is 9.59 Å². The molecular formula is C10H12N2O4. The molecule has 0 bridgehead atoms. The Hall–Kier alpha value is -2.08. The lowest BCUT2D eigenvalue weighted by atomic mass is 10.3. The van der Waals surface area contributed by atoms with Gasteiger partial charge in [0.25, 0.3) is 0 Å². The van der Waals surface area contributed by atoms with Gasteiger partial charge in [-0.05, 0) is 18.2 Å². The first-order chi connectivity index (χ1) is 7.59. The number of aliphatic hydroxyl groups excluding tert-OH is 1. The summed E-state index contributed by atoms with van der Waals surface area (Å²) in [5.41, 5.74) is 4.80. The van der Waals surface area contributed by atoms with Crippen molar-refractivity contribution < 1.29 is 19.1 Å². The van der Waals surface area contributed by atoms with Crippen LogP contribution < -0.4 is 11.1 Å². The number of nitrogens with one attached hydrogen (secondary N) is 1. The van der Waals surface area contributed by atoms with Crippen molar-refractivity contribution in [2.24, 2.45) is 5.73 Å². The summed E-state index contributed by atoms with van der Waals surface area (Å²) in [4.78, 5) is 21.6. The van der Waals surface area contributed by atoms with Crippen LogP contribution in [0.1, 0.15) is 5.76 Å². The van der Waals surface area contributed by atoms with Gasteiger partial charge in [-0.3, -0.25) is 9.59 Å². The van der Waals surface area contributed by atoms with Crippen molar-refractivity contribution in [3.63, 3.8) is 0 Å². The summed E-state index contributed by atoms with van der Waals surface area (Å²) in [5, 5.41) is 11.3. The highest BCUT2D eigenvalue weighted by Gasteiger charge is 2.10. The number of aliphatic hydroxyl groups is 1. The van der Waals surface area contributed by atoms with Crippen molar-refractivity contribution in [2.75, 3.05) is 6.54 Å². The van der Waals surface area contributed by atoms with Crippen LogP contribution in [0.3, 0.4) is 0 Å². The Morgan fingerprint density at radius 2 is 2.38 bits per heavy atom. The number of rotatable bonds is 5. The normalized spacial score (nSPS) is 12.6. The molecule has 6 nitrogen and oxygen atoms in total. The number of furan rings is 1. The number of primary amides is 1. The second-order valence-corrected chi connectivity index (χ2v) is 3.01. The van der Waals surface area contributed by atoms with Crippen LogP contribution in [0.4, 0.5) is 0 Å². The van der Waals surface area contributed by atoms with Gasteiger partial charge in [0, 0.05) is 6.08 Å². The van der Waals surface area contributed by atoms with Crippen LogP contribution in [0, 0.1) is 0 Å². The largest absolute Gasteiger partial charge is 0.465 e. The third-order valence-electron chi connectivity index (χ3n) is 1.74. The summed E-state index contributed by atoms with van der Waals surface area (Å²) in [6, 6.07) is 3.37. The van der Waals surface area contributed by atoms with Gasteiger partial charge in [0.1, 0.15) is 11.9 Å². The highest BCUT2D eigenvalue weighted by molar-refractivity contribution is 5.91. The minimum atomic E-state index is -1.37. The highest BCUT2D eigenvalue weighted by Crippen LogP contribution is 2.01. The average Bonchev–Trinajstić information content (AvgIpc) is 2.75. The molecule has 16 heavy (non-hydrogen) atoms. The SMILES string of the molecule is NC(=O)C(O)CNC(=O)/C=C/c1ccco1. The first kappa shape index (κ1) is 12.0. The molecule has 0 aliphatic heterocycles. The van der Waals surface area contributed by atoms with E-state index in [1.807, 2.05) is 0 Å². The minimum absolute atomic E-state index is 0.212. The van der Waals surface area contributed by atoms with Crippen LogP contribution in [-0.4, -0.2) is 29.6 Å². The molecule has 0 fully saturated rings. The number of nitrogens with two attached hydrogens (primary N) is 1. The second kappa shape index (κ2) is 5.72. The maximum atomic E-state index is 11.2. The fraction of sp³-hybridized carbons (Fsp3) is 0.200. The van der Waals surface area contributed by atoms with Gasteiger partial charge in [0.15, 0.2) is 0 Å². The lowest BCUT2D eigenvalue weighted by molar-refractivity contribution is -0.126. The van der Waals surface area contributed by atoms with E-state index in [0.29, 0.717) is 5.76 Å². The summed E-state index contributed by atoms with van der Waals surface area (Å²) in [6.45, 7) is -0.212. The molecule has 1 unspecified atom stereocenters. The molecule has 0 aliphatic carbocycles. The minimum Gasteiger partial charge on any atom is -0.465 e. The number of carbonyl (C=O) groups excluding carboxylic acids is 2. The molecule has 0 saturated heterocycles. The van der Waals surface area contributed by atoms with Gasteiger partial charge in [-0.25, -0.2) is 0 Å². The Kier molecular flexibility index (Phi) is 4.28. The van der Waals surface area contributed by atoms with E-state index in [2.05, 4.69) is 5.32 Å². The van der Waals surface area contributed by atoms with E-state index in [1.165, 1.54) is 18.4 Å². The maximum absolute atomic E-state index is 11.2. The molecule has 1 aromatic rings. The third-order valence-corrected chi connectivity index (χ3v) is 1.74. The first-order valence-corrected chi connectivity index (χ1v) is 4.56. The molecule has 4 N–H and O–H groups in total. The highest BCUT2D eigenvalue weighted by atomic mass is 16.3. The van der Waals surface area contributed by atoms with Gasteiger partial charge in [0.2, 0.25) is 11.8 Å². The van der Waals surface area contributed by atoms with Crippen molar-refractivity contribution in [1.82, 2.24) is 5.32 Å². The number of hydrogen-bond donors (Lipinski definition) is 3. The van der Waals surface area contributed by atoms with Crippen LogP contribution in [0.25, 0.3) is 6.08 Å². The van der Waals surface area contributed by atoms with Crippen molar-refractivity contribution in [3.8, 4) is 0 Å². The third kappa shape index (κ3) is 3.97. The van der Waals surface area contributed by atoms with E-state index in [1.54, 1.807) is 12.1 Å². The average molecular weight is 224 g/mol. The molecule has 0 radical (unpaired) electrons. The van der Waals surface area contributed by atoms with Gasteiger partial charge in [-0.1, -0.05) is 0 Å². The van der Waals surface area contributed by atoms with Crippen LogP contribution >= 0.6 is 0 Å². The lowest BCUT2D eigenvalue weighted by Gasteiger charge is -2.05. The van der Waals surface area contributed by atoms with E-state index in [-0.39, 0.29) is 6.54 Å². The topological polar surface area (TPSA) is 106 Å². The fourth-order valence-corrected chi connectivity index (χ4v) is 0.901.